The summed E-state index contributed by atoms with van der Waals surface area (Å²) >= 11 is 0. The van der Waals surface area contributed by atoms with Crippen LogP contribution in [0.3, 0.4) is 0 Å². The van der Waals surface area contributed by atoms with Gasteiger partial charge in [-0.05, 0) is 36.8 Å². The van der Waals surface area contributed by atoms with E-state index in [9.17, 15) is 23.1 Å². The molecule has 2 N–H and O–H groups in total. The van der Waals surface area contributed by atoms with Gasteiger partial charge < -0.3 is 24.6 Å². The van der Waals surface area contributed by atoms with E-state index in [1.54, 1.807) is 19.1 Å². The molecule has 1 aromatic heterocycles. The first-order chi connectivity index (χ1) is 15.1. The maximum atomic E-state index is 13.2. The third kappa shape index (κ3) is 5.11. The Bertz CT molecular complexity index is 1050. The van der Waals surface area contributed by atoms with Crippen molar-refractivity contribution >= 4 is 5.91 Å². The molecule has 32 heavy (non-hydrogen) atoms. The van der Waals surface area contributed by atoms with Crippen molar-refractivity contribution in [3.8, 4) is 17.3 Å². The monoisotopic (exact) mass is 453 g/mol. The molecule has 0 radical (unpaired) electrons. The standard InChI is InChI=1S/C21H22F3N3O5/c1-12-8-16(30-2)17(31-3)9-13(12)25-19(29)11-32-20-10-18(21(22,23)24)26-27(20)14-6-4-5-7-15(14)28/h4-10,16-17,28H,11H2,1-3H3,(H,25,29). The molecule has 1 aromatic carbocycles. The quantitative estimate of drug-likeness (QED) is 0.670. The minimum Gasteiger partial charge on any atom is -0.506 e. The molecular weight excluding hydrogens is 431 g/mol. The van der Waals surface area contributed by atoms with E-state index < -0.39 is 30.5 Å². The smallest absolute Gasteiger partial charge is 0.435 e. The van der Waals surface area contributed by atoms with Crippen LogP contribution in [0.2, 0.25) is 0 Å². The lowest BCUT2D eigenvalue weighted by Crippen LogP contribution is -2.35. The van der Waals surface area contributed by atoms with E-state index in [4.69, 9.17) is 14.2 Å². The van der Waals surface area contributed by atoms with Gasteiger partial charge in [-0.1, -0.05) is 12.1 Å². The van der Waals surface area contributed by atoms with E-state index in [1.165, 1.54) is 38.5 Å². The first kappa shape index (κ1) is 23.4. The molecule has 2 unspecified atom stereocenters. The summed E-state index contributed by atoms with van der Waals surface area (Å²) in [5, 5.41) is 16.1. The van der Waals surface area contributed by atoms with Crippen molar-refractivity contribution in [2.24, 2.45) is 0 Å². The molecule has 0 aliphatic heterocycles. The van der Waals surface area contributed by atoms with Crippen LogP contribution in [0.25, 0.3) is 5.69 Å². The zero-order chi connectivity index (χ0) is 23.5. The van der Waals surface area contributed by atoms with Gasteiger partial charge in [0, 0.05) is 26.0 Å². The van der Waals surface area contributed by atoms with E-state index in [0.717, 1.165) is 10.3 Å². The lowest BCUT2D eigenvalue weighted by atomic mass is 10.00. The van der Waals surface area contributed by atoms with Crippen LogP contribution < -0.4 is 10.1 Å². The van der Waals surface area contributed by atoms with Crippen molar-refractivity contribution in [1.29, 1.82) is 0 Å². The third-order valence-corrected chi connectivity index (χ3v) is 4.74. The number of nitrogens with one attached hydrogen (secondary N) is 1. The topological polar surface area (TPSA) is 94.8 Å². The summed E-state index contributed by atoms with van der Waals surface area (Å²) in [6.45, 7) is 1.18. The zero-order valence-electron chi connectivity index (χ0n) is 17.5. The van der Waals surface area contributed by atoms with Gasteiger partial charge in [0.25, 0.3) is 5.91 Å². The number of hydrogen-bond acceptors (Lipinski definition) is 6. The Morgan fingerprint density at radius 1 is 1.19 bits per heavy atom. The number of aromatic nitrogens is 2. The molecule has 172 valence electrons. The van der Waals surface area contributed by atoms with Crippen molar-refractivity contribution in [3.05, 3.63) is 59.4 Å². The predicted octanol–water partition coefficient (Wildman–Crippen LogP) is 2.97. The molecule has 1 aliphatic rings. The van der Waals surface area contributed by atoms with Gasteiger partial charge in [0.1, 0.15) is 23.6 Å². The second-order valence-corrected chi connectivity index (χ2v) is 6.93. The fourth-order valence-electron chi connectivity index (χ4n) is 3.11. The molecule has 2 atom stereocenters. The number of para-hydroxylation sites is 2. The van der Waals surface area contributed by atoms with Crippen LogP contribution in [0, 0.1) is 0 Å². The van der Waals surface area contributed by atoms with Crippen molar-refractivity contribution in [1.82, 2.24) is 15.1 Å². The number of hydrogen-bond donors (Lipinski definition) is 2. The highest BCUT2D eigenvalue weighted by Crippen LogP contribution is 2.33. The Hall–Kier alpha value is -3.31. The zero-order valence-corrected chi connectivity index (χ0v) is 17.5. The Labute approximate surface area is 181 Å². The number of rotatable bonds is 7. The molecule has 0 saturated heterocycles. The molecule has 0 saturated carbocycles. The molecule has 8 nitrogen and oxygen atoms in total. The maximum Gasteiger partial charge on any atom is 0.435 e. The molecule has 0 bridgehead atoms. The fraction of sp³-hybridized carbons (Fsp3) is 0.333. The van der Waals surface area contributed by atoms with E-state index >= 15 is 0 Å². The van der Waals surface area contributed by atoms with Crippen molar-refractivity contribution in [2.75, 3.05) is 20.8 Å². The number of carbonyl (C=O) groups excluding carboxylic acids is 1. The van der Waals surface area contributed by atoms with Gasteiger partial charge in [0.15, 0.2) is 12.3 Å². The van der Waals surface area contributed by atoms with Crippen molar-refractivity contribution < 1.29 is 37.3 Å². The summed E-state index contributed by atoms with van der Waals surface area (Å²) in [6, 6.07) is 6.36. The third-order valence-electron chi connectivity index (χ3n) is 4.74. The van der Waals surface area contributed by atoms with Gasteiger partial charge in [-0.15, -0.1) is 0 Å². The highest BCUT2D eigenvalue weighted by atomic mass is 19.4. The maximum absolute atomic E-state index is 13.2. The number of nitrogens with zero attached hydrogens (tertiary/aromatic N) is 2. The normalized spacial score (nSPS) is 18.7. The molecular formula is C21H22F3N3O5. The van der Waals surface area contributed by atoms with Gasteiger partial charge in [-0.2, -0.15) is 23.0 Å². The number of alkyl halides is 3. The Morgan fingerprint density at radius 3 is 2.47 bits per heavy atom. The molecule has 11 heteroatoms. The average molecular weight is 453 g/mol. The Balaban J connectivity index is 1.77. The molecule has 2 aromatic rings. The van der Waals surface area contributed by atoms with Gasteiger partial charge in [-0.3, -0.25) is 4.79 Å². The summed E-state index contributed by atoms with van der Waals surface area (Å²) in [6.07, 6.45) is -2.01. The number of phenols is 1. The number of carbonyl (C=O) groups is 1. The Morgan fingerprint density at radius 2 is 1.84 bits per heavy atom. The van der Waals surface area contributed by atoms with Crippen LogP contribution >= 0.6 is 0 Å². The largest absolute Gasteiger partial charge is 0.506 e. The number of amides is 1. The van der Waals surface area contributed by atoms with Crippen LogP contribution in [-0.2, 0) is 20.4 Å². The number of phenolic OH excluding ortho intramolecular Hbond substituents is 1. The highest BCUT2D eigenvalue weighted by Gasteiger charge is 2.36. The first-order valence-corrected chi connectivity index (χ1v) is 9.48. The van der Waals surface area contributed by atoms with Crippen LogP contribution in [0.5, 0.6) is 11.6 Å². The van der Waals surface area contributed by atoms with Crippen LogP contribution in [0.1, 0.15) is 12.6 Å². The lowest BCUT2D eigenvalue weighted by Gasteiger charge is -2.26. The minimum atomic E-state index is -4.74. The number of benzene rings is 1. The molecule has 3 rings (SSSR count). The predicted molar refractivity (Wildman–Crippen MR) is 107 cm³/mol. The summed E-state index contributed by atoms with van der Waals surface area (Å²) < 4.78 is 56.3. The van der Waals surface area contributed by atoms with E-state index in [1.807, 2.05) is 0 Å². The number of methoxy groups -OCH3 is 2. The van der Waals surface area contributed by atoms with Crippen molar-refractivity contribution in [3.63, 3.8) is 0 Å². The number of aromatic hydroxyl groups is 1. The first-order valence-electron chi connectivity index (χ1n) is 9.48. The van der Waals surface area contributed by atoms with E-state index in [2.05, 4.69) is 10.4 Å². The Kier molecular flexibility index (Phi) is 6.90. The van der Waals surface area contributed by atoms with Gasteiger partial charge >= 0.3 is 6.18 Å². The van der Waals surface area contributed by atoms with E-state index in [-0.39, 0.29) is 23.4 Å². The molecule has 1 heterocycles. The second-order valence-electron chi connectivity index (χ2n) is 6.93. The van der Waals surface area contributed by atoms with Crippen LogP contribution in [0.4, 0.5) is 13.2 Å². The highest BCUT2D eigenvalue weighted by molar-refractivity contribution is 5.80. The molecule has 1 aliphatic carbocycles. The van der Waals surface area contributed by atoms with Crippen LogP contribution in [-0.4, -0.2) is 53.8 Å². The van der Waals surface area contributed by atoms with Crippen LogP contribution in [0.15, 0.2) is 53.8 Å². The lowest BCUT2D eigenvalue weighted by molar-refractivity contribution is -0.141. The number of allylic oxidation sites excluding steroid dienone is 1. The number of ether oxygens (including phenoxy) is 3. The number of halogens is 3. The summed E-state index contributed by atoms with van der Waals surface area (Å²) in [7, 11) is 3.04. The average Bonchev–Trinajstić information content (AvgIpc) is 3.18. The second kappa shape index (κ2) is 9.45. The van der Waals surface area contributed by atoms with Gasteiger partial charge in [-0.25, -0.2) is 0 Å². The van der Waals surface area contributed by atoms with E-state index in [0.29, 0.717) is 11.8 Å². The summed E-state index contributed by atoms with van der Waals surface area (Å²) in [4.78, 5) is 12.4. The SMILES string of the molecule is COC1C=C(C)C(NC(=O)COc2cc(C(F)(F)F)nn2-c2ccccc2O)=CC1OC. The minimum absolute atomic E-state index is 0.0271. The van der Waals surface area contributed by atoms with Gasteiger partial charge in [0.2, 0.25) is 5.88 Å². The van der Waals surface area contributed by atoms with Gasteiger partial charge in [0.05, 0.1) is 0 Å². The molecule has 1 amide bonds. The van der Waals surface area contributed by atoms with Crippen molar-refractivity contribution in [2.45, 2.75) is 25.3 Å². The summed E-state index contributed by atoms with van der Waals surface area (Å²) in [5.41, 5.74) is -0.0414. The summed E-state index contributed by atoms with van der Waals surface area (Å²) in [5.74, 6) is -1.26. The molecule has 0 spiro atoms. The fourth-order valence-corrected chi connectivity index (χ4v) is 3.11. The molecule has 0 fully saturated rings.